The average molecular weight is 261 g/mol. The third kappa shape index (κ3) is 6.00. The van der Waals surface area contributed by atoms with Crippen molar-refractivity contribution < 1.29 is 9.90 Å². The number of aliphatic hydroxyl groups is 1. The molecule has 0 aromatic heterocycles. The Hall–Kier alpha value is -1.90. The summed E-state index contributed by atoms with van der Waals surface area (Å²) in [6.07, 6.45) is -0.0324. The lowest BCUT2D eigenvalue weighted by atomic mass is 10.2. The van der Waals surface area contributed by atoms with Crippen molar-refractivity contribution in [2.45, 2.75) is 19.4 Å². The third-order valence-electron chi connectivity index (χ3n) is 2.59. The van der Waals surface area contributed by atoms with Crippen LogP contribution in [-0.2, 0) is 4.79 Å². The van der Waals surface area contributed by atoms with Crippen molar-refractivity contribution in [3.05, 3.63) is 29.8 Å². The highest BCUT2D eigenvalue weighted by Crippen LogP contribution is 2.09. The van der Waals surface area contributed by atoms with Crippen LogP contribution in [0.3, 0.4) is 0 Å². The van der Waals surface area contributed by atoms with Gasteiger partial charge in [-0.3, -0.25) is 4.79 Å². The standard InChI is InChI=1S/C14H19N3O2/c1-11(18)10-17(2)8-7-14(19)16-13-5-3-12(9-15)4-6-13/h3-6,11,18H,7-8,10H2,1-2H3,(H,16,19). The highest BCUT2D eigenvalue weighted by Gasteiger charge is 2.07. The molecule has 1 aromatic carbocycles. The van der Waals surface area contributed by atoms with Crippen molar-refractivity contribution in [2.24, 2.45) is 0 Å². The highest BCUT2D eigenvalue weighted by atomic mass is 16.3. The predicted octanol–water partition coefficient (Wildman–Crippen LogP) is 1.20. The maximum Gasteiger partial charge on any atom is 0.225 e. The van der Waals surface area contributed by atoms with Gasteiger partial charge in [0.1, 0.15) is 0 Å². The summed E-state index contributed by atoms with van der Waals surface area (Å²) in [5.41, 5.74) is 1.25. The van der Waals surface area contributed by atoms with E-state index in [4.69, 9.17) is 5.26 Å². The first-order valence-corrected chi connectivity index (χ1v) is 6.18. The zero-order chi connectivity index (χ0) is 14.3. The minimum atomic E-state index is -0.397. The fourth-order valence-electron chi connectivity index (χ4n) is 1.69. The van der Waals surface area contributed by atoms with Crippen molar-refractivity contribution in [2.75, 3.05) is 25.5 Å². The fraction of sp³-hybridized carbons (Fsp3) is 0.429. The third-order valence-corrected chi connectivity index (χ3v) is 2.59. The zero-order valence-corrected chi connectivity index (χ0v) is 11.3. The maximum atomic E-state index is 11.7. The molecule has 5 nitrogen and oxygen atoms in total. The summed E-state index contributed by atoms with van der Waals surface area (Å²) in [7, 11) is 1.86. The number of rotatable bonds is 6. The summed E-state index contributed by atoms with van der Waals surface area (Å²) in [4.78, 5) is 13.6. The summed E-state index contributed by atoms with van der Waals surface area (Å²) in [6, 6.07) is 8.76. The zero-order valence-electron chi connectivity index (χ0n) is 11.3. The predicted molar refractivity (Wildman–Crippen MR) is 73.6 cm³/mol. The molecule has 0 heterocycles. The highest BCUT2D eigenvalue weighted by molar-refractivity contribution is 5.90. The van der Waals surface area contributed by atoms with E-state index in [1.807, 2.05) is 18.0 Å². The first-order chi connectivity index (χ1) is 9.01. The first kappa shape index (κ1) is 15.2. The van der Waals surface area contributed by atoms with Crippen LogP contribution in [0.2, 0.25) is 0 Å². The molecule has 1 amide bonds. The molecule has 102 valence electrons. The van der Waals surface area contributed by atoms with Crippen LogP contribution in [0.25, 0.3) is 0 Å². The lowest BCUT2D eigenvalue weighted by Crippen LogP contribution is -2.30. The molecule has 0 aliphatic rings. The molecule has 5 heteroatoms. The van der Waals surface area contributed by atoms with Gasteiger partial charge in [-0.25, -0.2) is 0 Å². The second kappa shape index (κ2) is 7.52. The minimum absolute atomic E-state index is 0.0813. The van der Waals surface area contributed by atoms with Gasteiger partial charge in [0.15, 0.2) is 0 Å². The number of nitrogens with one attached hydrogen (secondary N) is 1. The van der Waals surface area contributed by atoms with Crippen LogP contribution in [-0.4, -0.2) is 42.2 Å². The SMILES string of the molecule is CC(O)CN(C)CCC(=O)Nc1ccc(C#N)cc1. The fourth-order valence-corrected chi connectivity index (χ4v) is 1.69. The van der Waals surface area contributed by atoms with Crippen molar-refractivity contribution in [1.82, 2.24) is 4.90 Å². The largest absolute Gasteiger partial charge is 0.392 e. The number of benzene rings is 1. The van der Waals surface area contributed by atoms with E-state index in [0.29, 0.717) is 30.8 Å². The van der Waals surface area contributed by atoms with Gasteiger partial charge in [0.2, 0.25) is 5.91 Å². The normalized spacial score (nSPS) is 11.9. The van der Waals surface area contributed by atoms with Gasteiger partial charge in [-0.15, -0.1) is 0 Å². The van der Waals surface area contributed by atoms with Gasteiger partial charge < -0.3 is 15.3 Å². The average Bonchev–Trinajstić information content (AvgIpc) is 2.36. The number of nitriles is 1. The first-order valence-electron chi connectivity index (χ1n) is 6.18. The van der Waals surface area contributed by atoms with E-state index in [2.05, 4.69) is 5.32 Å². The lowest BCUT2D eigenvalue weighted by molar-refractivity contribution is -0.116. The van der Waals surface area contributed by atoms with Gasteiger partial charge in [-0.1, -0.05) is 0 Å². The molecule has 1 unspecified atom stereocenters. The molecule has 0 aliphatic carbocycles. The van der Waals surface area contributed by atoms with Crippen LogP contribution < -0.4 is 5.32 Å². The molecule has 19 heavy (non-hydrogen) atoms. The van der Waals surface area contributed by atoms with Crippen LogP contribution in [0.15, 0.2) is 24.3 Å². The van der Waals surface area contributed by atoms with Gasteiger partial charge >= 0.3 is 0 Å². The van der Waals surface area contributed by atoms with Crippen LogP contribution in [0.4, 0.5) is 5.69 Å². The summed E-state index contributed by atoms with van der Waals surface area (Å²) in [5, 5.41) is 20.6. The van der Waals surface area contributed by atoms with Crippen molar-refractivity contribution >= 4 is 11.6 Å². The second-order valence-electron chi connectivity index (χ2n) is 4.60. The number of hydrogen-bond acceptors (Lipinski definition) is 4. The molecule has 0 saturated carbocycles. The quantitative estimate of drug-likeness (QED) is 0.806. The molecule has 0 spiro atoms. The summed E-state index contributed by atoms with van der Waals surface area (Å²) >= 11 is 0. The second-order valence-corrected chi connectivity index (χ2v) is 4.60. The van der Waals surface area contributed by atoms with Crippen LogP contribution in [0.5, 0.6) is 0 Å². The number of likely N-dealkylation sites (N-methyl/N-ethyl adjacent to an activating group) is 1. The summed E-state index contributed by atoms with van der Waals surface area (Å²) < 4.78 is 0. The molecule has 0 fully saturated rings. The number of aliphatic hydroxyl groups excluding tert-OH is 1. The smallest absolute Gasteiger partial charge is 0.225 e. The Morgan fingerprint density at radius 1 is 1.47 bits per heavy atom. The van der Waals surface area contributed by atoms with Gasteiger partial charge in [-0.2, -0.15) is 5.26 Å². The number of anilines is 1. The Balaban J connectivity index is 2.36. The minimum Gasteiger partial charge on any atom is -0.392 e. The van der Waals surface area contributed by atoms with E-state index in [9.17, 15) is 9.90 Å². The molecule has 0 bridgehead atoms. The van der Waals surface area contributed by atoms with Gasteiger partial charge in [0.05, 0.1) is 17.7 Å². The Morgan fingerprint density at radius 2 is 2.11 bits per heavy atom. The monoisotopic (exact) mass is 261 g/mol. The molecule has 0 aliphatic heterocycles. The molecular weight excluding hydrogens is 242 g/mol. The number of carbonyl (C=O) groups excluding carboxylic acids is 1. The topological polar surface area (TPSA) is 76.4 Å². The Morgan fingerprint density at radius 3 is 2.63 bits per heavy atom. The maximum absolute atomic E-state index is 11.7. The molecule has 1 aromatic rings. The molecule has 1 atom stereocenters. The molecule has 2 N–H and O–H groups in total. The number of amides is 1. The van der Waals surface area contributed by atoms with E-state index in [1.54, 1.807) is 31.2 Å². The van der Waals surface area contributed by atoms with E-state index in [-0.39, 0.29) is 5.91 Å². The number of nitrogens with zero attached hydrogens (tertiary/aromatic N) is 2. The van der Waals surface area contributed by atoms with Gasteiger partial charge in [0, 0.05) is 25.2 Å². The van der Waals surface area contributed by atoms with E-state index >= 15 is 0 Å². The Labute approximate surface area is 113 Å². The summed E-state index contributed by atoms with van der Waals surface area (Å²) in [6.45, 7) is 2.85. The van der Waals surface area contributed by atoms with E-state index in [0.717, 1.165) is 0 Å². The Bertz CT molecular complexity index is 449. The van der Waals surface area contributed by atoms with Crippen molar-refractivity contribution in [3.8, 4) is 6.07 Å². The Kier molecular flexibility index (Phi) is 6.00. The van der Waals surface area contributed by atoms with Gasteiger partial charge in [0.25, 0.3) is 0 Å². The van der Waals surface area contributed by atoms with Gasteiger partial charge in [-0.05, 0) is 38.2 Å². The van der Waals surface area contributed by atoms with Crippen molar-refractivity contribution in [1.29, 1.82) is 5.26 Å². The molecule has 0 radical (unpaired) electrons. The lowest BCUT2D eigenvalue weighted by Gasteiger charge is -2.17. The van der Waals surface area contributed by atoms with Crippen LogP contribution in [0, 0.1) is 11.3 Å². The number of carbonyl (C=O) groups is 1. The van der Waals surface area contributed by atoms with Crippen LogP contribution >= 0.6 is 0 Å². The number of hydrogen-bond donors (Lipinski definition) is 2. The van der Waals surface area contributed by atoms with E-state index < -0.39 is 6.10 Å². The molecule has 1 rings (SSSR count). The van der Waals surface area contributed by atoms with Crippen molar-refractivity contribution in [3.63, 3.8) is 0 Å². The van der Waals surface area contributed by atoms with Crippen LogP contribution in [0.1, 0.15) is 18.9 Å². The molecular formula is C14H19N3O2. The summed E-state index contributed by atoms with van der Waals surface area (Å²) in [5.74, 6) is -0.0813. The molecule has 0 saturated heterocycles. The van der Waals surface area contributed by atoms with E-state index in [1.165, 1.54) is 0 Å².